The van der Waals surface area contributed by atoms with Crippen LogP contribution in [0.5, 0.6) is 0 Å². The molecule has 5 nitrogen and oxygen atoms in total. The summed E-state index contributed by atoms with van der Waals surface area (Å²) in [5, 5.41) is 10.4. The normalized spacial score (nSPS) is 17.7. The summed E-state index contributed by atoms with van der Waals surface area (Å²) in [7, 11) is 0. The van der Waals surface area contributed by atoms with Gasteiger partial charge in [-0.2, -0.15) is 5.10 Å². The van der Waals surface area contributed by atoms with Crippen LogP contribution in [-0.4, -0.2) is 35.3 Å². The summed E-state index contributed by atoms with van der Waals surface area (Å²) in [6.45, 7) is 3.70. The van der Waals surface area contributed by atoms with Gasteiger partial charge in [-0.15, -0.1) is 24.8 Å². The van der Waals surface area contributed by atoms with E-state index < -0.39 is 0 Å². The van der Waals surface area contributed by atoms with Gasteiger partial charge in [-0.3, -0.25) is 9.48 Å². The molecule has 2 N–H and O–H groups in total. The van der Waals surface area contributed by atoms with Crippen molar-refractivity contribution in [2.24, 2.45) is 5.92 Å². The molecule has 1 unspecified atom stereocenters. The fourth-order valence-electron chi connectivity index (χ4n) is 2.32. The predicted octanol–water partition coefficient (Wildman–Crippen LogP) is 1.62. The van der Waals surface area contributed by atoms with Crippen molar-refractivity contribution in [3.05, 3.63) is 18.5 Å². The molecule has 1 amide bonds. The van der Waals surface area contributed by atoms with Crippen LogP contribution >= 0.6 is 24.8 Å². The highest BCUT2D eigenvalue weighted by Crippen LogP contribution is 2.12. The third-order valence-corrected chi connectivity index (χ3v) is 3.40. The molecule has 1 saturated heterocycles. The molecule has 0 spiro atoms. The zero-order valence-electron chi connectivity index (χ0n) is 11.6. The molecule has 7 heteroatoms. The maximum Gasteiger partial charge on any atom is 0.221 e. The molecule has 2 rings (SSSR count). The van der Waals surface area contributed by atoms with Crippen molar-refractivity contribution in [2.75, 3.05) is 19.6 Å². The molecule has 1 fully saturated rings. The Morgan fingerprint density at radius 1 is 1.45 bits per heavy atom. The monoisotopic (exact) mass is 322 g/mol. The number of amides is 1. The zero-order chi connectivity index (χ0) is 12.6. The van der Waals surface area contributed by atoms with Crippen molar-refractivity contribution in [1.29, 1.82) is 0 Å². The van der Waals surface area contributed by atoms with Crippen LogP contribution in [-0.2, 0) is 11.3 Å². The van der Waals surface area contributed by atoms with Crippen LogP contribution in [0.25, 0.3) is 0 Å². The average Bonchev–Trinajstić information content (AvgIpc) is 2.91. The molecule has 116 valence electrons. The van der Waals surface area contributed by atoms with Gasteiger partial charge in [-0.25, -0.2) is 0 Å². The minimum atomic E-state index is 0. The van der Waals surface area contributed by atoms with Gasteiger partial charge in [0.15, 0.2) is 0 Å². The molecule has 0 aliphatic carbocycles. The molecule has 0 bridgehead atoms. The third-order valence-electron chi connectivity index (χ3n) is 3.40. The maximum atomic E-state index is 11.6. The number of nitrogens with one attached hydrogen (secondary N) is 2. The quantitative estimate of drug-likeness (QED) is 0.836. The Bertz CT molecular complexity index is 353. The maximum absolute atomic E-state index is 11.6. The number of hydrogen-bond donors (Lipinski definition) is 2. The highest BCUT2D eigenvalue weighted by Gasteiger charge is 2.12. The number of rotatable bonds is 6. The van der Waals surface area contributed by atoms with Gasteiger partial charge in [0, 0.05) is 31.9 Å². The first-order valence-corrected chi connectivity index (χ1v) is 6.79. The second kappa shape index (κ2) is 10.9. The van der Waals surface area contributed by atoms with Crippen molar-refractivity contribution in [2.45, 2.75) is 32.2 Å². The molecule has 2 heterocycles. The largest absolute Gasteiger partial charge is 0.356 e. The van der Waals surface area contributed by atoms with E-state index in [2.05, 4.69) is 15.7 Å². The van der Waals surface area contributed by atoms with E-state index in [1.54, 1.807) is 10.9 Å². The fourth-order valence-corrected chi connectivity index (χ4v) is 2.32. The van der Waals surface area contributed by atoms with Gasteiger partial charge in [0.05, 0.1) is 0 Å². The lowest BCUT2D eigenvalue weighted by Gasteiger charge is -2.22. The molecule has 1 aliphatic rings. The van der Waals surface area contributed by atoms with Gasteiger partial charge in [0.2, 0.25) is 5.91 Å². The first-order valence-electron chi connectivity index (χ1n) is 6.79. The summed E-state index contributed by atoms with van der Waals surface area (Å²) in [4.78, 5) is 11.6. The molecule has 0 saturated carbocycles. The lowest BCUT2D eigenvalue weighted by molar-refractivity contribution is -0.121. The first-order chi connectivity index (χ1) is 8.84. The van der Waals surface area contributed by atoms with E-state index in [4.69, 9.17) is 0 Å². The number of aryl methyl sites for hydroxylation is 1. The fraction of sp³-hybridized carbons (Fsp3) is 0.692. The molecular weight excluding hydrogens is 299 g/mol. The van der Waals surface area contributed by atoms with E-state index in [9.17, 15) is 4.79 Å². The van der Waals surface area contributed by atoms with Crippen molar-refractivity contribution in [1.82, 2.24) is 20.4 Å². The number of carbonyl (C=O) groups excluding carboxylic acids is 1. The molecule has 1 aliphatic heterocycles. The van der Waals surface area contributed by atoms with Gasteiger partial charge >= 0.3 is 0 Å². The second-order valence-corrected chi connectivity index (χ2v) is 4.87. The minimum absolute atomic E-state index is 0. The van der Waals surface area contributed by atoms with Crippen molar-refractivity contribution in [3.8, 4) is 0 Å². The van der Waals surface area contributed by atoms with Crippen LogP contribution in [0.2, 0.25) is 0 Å². The van der Waals surface area contributed by atoms with E-state index in [1.807, 2.05) is 12.3 Å². The van der Waals surface area contributed by atoms with Crippen LogP contribution < -0.4 is 10.6 Å². The Morgan fingerprint density at radius 2 is 2.30 bits per heavy atom. The number of nitrogens with zero attached hydrogens (tertiary/aromatic N) is 2. The zero-order valence-corrected chi connectivity index (χ0v) is 13.2. The molecule has 0 aromatic carbocycles. The number of aromatic nitrogens is 2. The Labute approximate surface area is 132 Å². The van der Waals surface area contributed by atoms with E-state index >= 15 is 0 Å². The van der Waals surface area contributed by atoms with Crippen LogP contribution in [0.3, 0.4) is 0 Å². The van der Waals surface area contributed by atoms with Crippen molar-refractivity contribution in [3.63, 3.8) is 0 Å². The Kier molecular flexibility index (Phi) is 10.5. The summed E-state index contributed by atoms with van der Waals surface area (Å²) in [5.41, 5.74) is 0. The third kappa shape index (κ3) is 7.12. The van der Waals surface area contributed by atoms with Crippen LogP contribution in [0, 0.1) is 5.92 Å². The van der Waals surface area contributed by atoms with E-state index in [0.29, 0.717) is 13.0 Å². The summed E-state index contributed by atoms with van der Waals surface area (Å²) < 4.78 is 1.78. The van der Waals surface area contributed by atoms with E-state index in [-0.39, 0.29) is 30.7 Å². The van der Waals surface area contributed by atoms with Gasteiger partial charge in [0.25, 0.3) is 0 Å². The average molecular weight is 323 g/mol. The molecule has 1 aromatic heterocycles. The van der Waals surface area contributed by atoms with E-state index in [1.165, 1.54) is 12.8 Å². The highest BCUT2D eigenvalue weighted by molar-refractivity contribution is 5.85. The molecule has 1 atom stereocenters. The minimum Gasteiger partial charge on any atom is -0.356 e. The van der Waals surface area contributed by atoms with Gasteiger partial charge in [-0.05, 0) is 44.3 Å². The lowest BCUT2D eigenvalue weighted by atomic mass is 9.96. The van der Waals surface area contributed by atoms with Gasteiger partial charge in [0.1, 0.15) is 0 Å². The summed E-state index contributed by atoms with van der Waals surface area (Å²) in [6, 6.07) is 1.87. The SMILES string of the molecule is Cl.Cl.O=C(CCn1cccn1)NCCC1CCCNC1. The number of hydrogen-bond acceptors (Lipinski definition) is 3. The lowest BCUT2D eigenvalue weighted by Crippen LogP contribution is -2.33. The molecule has 20 heavy (non-hydrogen) atoms. The highest BCUT2D eigenvalue weighted by atomic mass is 35.5. The van der Waals surface area contributed by atoms with Crippen LogP contribution in [0.1, 0.15) is 25.7 Å². The predicted molar refractivity (Wildman–Crippen MR) is 84.6 cm³/mol. The Balaban J connectivity index is 0.00000180. The second-order valence-electron chi connectivity index (χ2n) is 4.87. The van der Waals surface area contributed by atoms with Crippen LogP contribution in [0.15, 0.2) is 18.5 Å². The standard InChI is InChI=1S/C13H22N4O.2ClH/c18-13(5-10-17-9-2-7-16-17)15-8-4-12-3-1-6-14-11-12;;/h2,7,9,12,14H,1,3-6,8,10-11H2,(H,15,18);2*1H. The number of carbonyl (C=O) groups is 1. The summed E-state index contributed by atoms with van der Waals surface area (Å²) in [6.07, 6.45) is 7.74. The number of halogens is 2. The molecule has 0 radical (unpaired) electrons. The smallest absolute Gasteiger partial charge is 0.221 e. The summed E-state index contributed by atoms with van der Waals surface area (Å²) in [5.74, 6) is 0.847. The van der Waals surface area contributed by atoms with Crippen LogP contribution in [0.4, 0.5) is 0 Å². The molecular formula is C13H24Cl2N4O. The Morgan fingerprint density at radius 3 is 2.95 bits per heavy atom. The van der Waals surface area contributed by atoms with Gasteiger partial charge < -0.3 is 10.6 Å². The van der Waals surface area contributed by atoms with E-state index in [0.717, 1.165) is 32.0 Å². The Hall–Kier alpha value is -0.780. The first kappa shape index (κ1) is 19.2. The molecule has 1 aromatic rings. The summed E-state index contributed by atoms with van der Waals surface area (Å²) >= 11 is 0. The van der Waals surface area contributed by atoms with Crippen molar-refractivity contribution < 1.29 is 4.79 Å². The van der Waals surface area contributed by atoms with Gasteiger partial charge in [-0.1, -0.05) is 0 Å². The van der Waals surface area contributed by atoms with Crippen molar-refractivity contribution >= 4 is 30.7 Å². The topological polar surface area (TPSA) is 59.0 Å². The number of piperidine rings is 1.